The highest BCUT2D eigenvalue weighted by Gasteiger charge is 2.46. The summed E-state index contributed by atoms with van der Waals surface area (Å²) in [5.74, 6) is 0.896. The molecule has 1 aromatic heterocycles. The average molecular weight is 623 g/mol. The zero-order valence-corrected chi connectivity index (χ0v) is 27.3. The Morgan fingerprint density at radius 2 is 1.80 bits per heavy atom. The molecule has 5 rings (SSSR count). The number of fused-ring (bicyclic) bond motifs is 1. The number of benzene rings is 2. The molecule has 1 aliphatic carbocycles. The Bertz CT molecular complexity index is 1450. The fourth-order valence-corrected chi connectivity index (χ4v) is 6.67. The predicted octanol–water partition coefficient (Wildman–Crippen LogP) is 4.81. The van der Waals surface area contributed by atoms with Gasteiger partial charge in [-0.15, -0.1) is 11.3 Å². The van der Waals surface area contributed by atoms with Crippen LogP contribution in [0.25, 0.3) is 11.3 Å². The molecule has 0 bridgehead atoms. The van der Waals surface area contributed by atoms with Crippen molar-refractivity contribution >= 4 is 23.2 Å². The van der Waals surface area contributed by atoms with Crippen LogP contribution in [-0.4, -0.2) is 80.6 Å². The molecule has 0 saturated carbocycles. The van der Waals surface area contributed by atoms with E-state index in [0.717, 1.165) is 70.5 Å². The van der Waals surface area contributed by atoms with E-state index in [2.05, 4.69) is 12.4 Å². The van der Waals surface area contributed by atoms with Gasteiger partial charge in [0.05, 0.1) is 51.4 Å². The van der Waals surface area contributed by atoms with E-state index in [9.17, 15) is 9.59 Å². The second-order valence-corrected chi connectivity index (χ2v) is 14.0. The highest BCUT2D eigenvalue weighted by molar-refractivity contribution is 7.09. The summed E-state index contributed by atoms with van der Waals surface area (Å²) in [6.45, 7) is 10.9. The van der Waals surface area contributed by atoms with E-state index in [4.69, 9.17) is 23.9 Å². The number of hydrogen-bond donors (Lipinski definition) is 1. The van der Waals surface area contributed by atoms with Crippen LogP contribution in [0.1, 0.15) is 43.3 Å². The second-order valence-electron chi connectivity index (χ2n) is 13.1. The molecule has 2 aliphatic rings. The number of rotatable bonds is 11. The number of methoxy groups -OCH3 is 1. The van der Waals surface area contributed by atoms with Crippen LogP contribution in [0.3, 0.4) is 0 Å². The van der Waals surface area contributed by atoms with Gasteiger partial charge in [-0.05, 0) is 56.9 Å². The first-order valence-electron chi connectivity index (χ1n) is 15.2. The summed E-state index contributed by atoms with van der Waals surface area (Å²) < 4.78 is 23.8. The quantitative estimate of drug-likeness (QED) is 0.242. The van der Waals surface area contributed by atoms with E-state index in [1.165, 1.54) is 11.3 Å². The first-order valence-corrected chi connectivity index (χ1v) is 16.1. The van der Waals surface area contributed by atoms with Crippen LogP contribution >= 0.6 is 11.3 Å². The number of ether oxygens (including phenoxy) is 4. The van der Waals surface area contributed by atoms with Gasteiger partial charge in [0.15, 0.2) is 0 Å². The molecule has 0 unspecified atom stereocenters. The minimum Gasteiger partial charge on any atom is -0.496 e. The monoisotopic (exact) mass is 622 g/mol. The predicted molar refractivity (Wildman–Crippen MR) is 170 cm³/mol. The smallest absolute Gasteiger partial charge is 0.307 e. The van der Waals surface area contributed by atoms with E-state index < -0.39 is 11.0 Å². The number of carbonyl (C=O) groups is 2. The van der Waals surface area contributed by atoms with E-state index in [0.29, 0.717) is 25.2 Å². The number of hydrogen-bond acceptors (Lipinski definition) is 8. The lowest BCUT2D eigenvalue weighted by Gasteiger charge is -2.37. The summed E-state index contributed by atoms with van der Waals surface area (Å²) in [6.07, 6.45) is 1.01. The zero-order chi connectivity index (χ0) is 31.4. The molecule has 1 aliphatic heterocycles. The molecule has 3 aromatic rings. The summed E-state index contributed by atoms with van der Waals surface area (Å²) in [5.41, 5.74) is 2.30. The maximum atomic E-state index is 13.7. The van der Waals surface area contributed by atoms with Crippen LogP contribution in [0.15, 0.2) is 47.8 Å². The van der Waals surface area contributed by atoms with Gasteiger partial charge in [-0.1, -0.05) is 24.3 Å². The third-order valence-corrected chi connectivity index (χ3v) is 9.26. The largest absolute Gasteiger partial charge is 0.496 e. The Kier molecular flexibility index (Phi) is 9.62. The summed E-state index contributed by atoms with van der Waals surface area (Å²) in [6, 6.07) is 13.8. The van der Waals surface area contributed by atoms with Gasteiger partial charge in [-0.3, -0.25) is 9.59 Å². The highest BCUT2D eigenvalue weighted by Crippen LogP contribution is 2.41. The number of nitrogens with zero attached hydrogens (tertiary/aromatic N) is 2. The summed E-state index contributed by atoms with van der Waals surface area (Å²) in [5, 5.41) is 5.81. The molecule has 0 radical (unpaired) electrons. The lowest BCUT2D eigenvalue weighted by molar-refractivity contribution is -0.916. The molecule has 1 N–H and O–H groups in total. The van der Waals surface area contributed by atoms with Gasteiger partial charge >= 0.3 is 5.97 Å². The normalized spacial score (nSPS) is 17.0. The summed E-state index contributed by atoms with van der Waals surface area (Å²) in [4.78, 5) is 31.4. The number of nitrogens with one attached hydrogen (secondary N) is 1. The third kappa shape index (κ3) is 7.78. The fourth-order valence-electron chi connectivity index (χ4n) is 5.94. The van der Waals surface area contributed by atoms with E-state index in [-0.39, 0.29) is 24.8 Å². The summed E-state index contributed by atoms with van der Waals surface area (Å²) in [7, 11) is 3.88. The molecular formula is C34H44N3O6S+. The van der Waals surface area contributed by atoms with E-state index >= 15 is 0 Å². The van der Waals surface area contributed by atoms with Gasteiger partial charge in [0, 0.05) is 17.0 Å². The van der Waals surface area contributed by atoms with Crippen molar-refractivity contribution in [3.63, 3.8) is 0 Å². The SMILES string of the molecule is COc1cc(OCC[N+]2(C)CCOCC2)ccc1-c1csc(CNC(=O)C2(CC(=O)OC(C)(C)C)Cc3ccccc3C2)n1. The molecule has 0 spiro atoms. The molecule has 2 heterocycles. The Balaban J connectivity index is 1.23. The van der Waals surface area contributed by atoms with Crippen molar-refractivity contribution in [1.29, 1.82) is 0 Å². The summed E-state index contributed by atoms with van der Waals surface area (Å²) >= 11 is 1.47. The lowest BCUT2D eigenvalue weighted by atomic mass is 9.80. The number of esters is 1. The number of thiazole rings is 1. The minimum absolute atomic E-state index is 0.0200. The van der Waals surface area contributed by atoms with Gasteiger partial charge in [-0.25, -0.2) is 4.98 Å². The molecule has 10 heteroatoms. The molecule has 9 nitrogen and oxygen atoms in total. The Labute approximate surface area is 264 Å². The first-order chi connectivity index (χ1) is 21.0. The van der Waals surface area contributed by atoms with Gasteiger partial charge in [0.25, 0.3) is 0 Å². The van der Waals surface area contributed by atoms with Crippen molar-refractivity contribution in [2.75, 3.05) is 53.6 Å². The molecule has 1 saturated heterocycles. The molecular weight excluding hydrogens is 578 g/mol. The van der Waals surface area contributed by atoms with Gasteiger partial charge < -0.3 is 28.7 Å². The highest BCUT2D eigenvalue weighted by atomic mass is 32.1. The average Bonchev–Trinajstić information content (AvgIpc) is 3.60. The van der Waals surface area contributed by atoms with Crippen molar-refractivity contribution < 1.29 is 33.0 Å². The van der Waals surface area contributed by atoms with Crippen molar-refractivity contribution in [1.82, 2.24) is 10.3 Å². The molecule has 2 aromatic carbocycles. The second kappa shape index (κ2) is 13.3. The van der Waals surface area contributed by atoms with Gasteiger partial charge in [0.1, 0.15) is 48.3 Å². The maximum Gasteiger partial charge on any atom is 0.307 e. The minimum atomic E-state index is -0.897. The van der Waals surface area contributed by atoms with Crippen LogP contribution in [0.5, 0.6) is 11.5 Å². The molecule has 44 heavy (non-hydrogen) atoms. The van der Waals surface area contributed by atoms with Crippen LogP contribution in [-0.2, 0) is 38.4 Å². The van der Waals surface area contributed by atoms with Gasteiger partial charge in [0.2, 0.25) is 5.91 Å². The number of quaternary nitrogens is 1. The van der Waals surface area contributed by atoms with Crippen LogP contribution in [0.4, 0.5) is 0 Å². The Morgan fingerprint density at radius 1 is 1.09 bits per heavy atom. The zero-order valence-electron chi connectivity index (χ0n) is 26.4. The van der Waals surface area contributed by atoms with Crippen LogP contribution in [0.2, 0.25) is 0 Å². The number of morpholine rings is 1. The van der Waals surface area contributed by atoms with Crippen molar-refractivity contribution in [2.45, 2.75) is 52.2 Å². The van der Waals surface area contributed by atoms with E-state index in [1.54, 1.807) is 7.11 Å². The van der Waals surface area contributed by atoms with Crippen molar-refractivity contribution in [3.05, 3.63) is 64.0 Å². The third-order valence-electron chi connectivity index (χ3n) is 8.41. The number of aromatic nitrogens is 1. The molecule has 236 valence electrons. The lowest BCUT2D eigenvalue weighted by Crippen LogP contribution is -2.53. The Hall–Kier alpha value is -3.47. The van der Waals surface area contributed by atoms with Crippen LogP contribution in [0, 0.1) is 5.41 Å². The first kappa shape index (κ1) is 31.9. The topological polar surface area (TPSA) is 96.0 Å². The van der Waals surface area contributed by atoms with Crippen molar-refractivity contribution in [2.24, 2.45) is 5.41 Å². The number of likely N-dealkylation sites (N-methyl/N-ethyl adjacent to an activating group) is 1. The van der Waals surface area contributed by atoms with Crippen LogP contribution < -0.4 is 14.8 Å². The standard InChI is InChI=1S/C34H43N3O6S/c1-33(2,3)43-31(38)21-34(19-24-8-6-7-9-25(24)20-34)32(39)35-22-30-36-28(23-44-30)27-11-10-26(18-29(27)40-5)42-17-14-37(4)12-15-41-16-13-37/h6-11,18,23H,12-17,19-22H2,1-5H3/p+1. The van der Waals surface area contributed by atoms with Crippen molar-refractivity contribution in [3.8, 4) is 22.8 Å². The molecule has 0 atom stereocenters. The molecule has 1 fully saturated rings. The fraction of sp³-hybridized carbons (Fsp3) is 0.500. The number of carbonyl (C=O) groups excluding carboxylic acids is 2. The Morgan fingerprint density at radius 3 is 2.45 bits per heavy atom. The van der Waals surface area contributed by atoms with E-state index in [1.807, 2.05) is 68.6 Å². The molecule has 1 amide bonds. The van der Waals surface area contributed by atoms with Gasteiger partial charge in [-0.2, -0.15) is 0 Å². The maximum absolute atomic E-state index is 13.7. The number of amides is 1.